The minimum Gasteiger partial charge on any atom is -0.493 e. The van der Waals surface area contributed by atoms with E-state index in [1.54, 1.807) is 7.11 Å². The number of ether oxygens (including phenoxy) is 3. The topological polar surface area (TPSA) is 63.8 Å². The van der Waals surface area contributed by atoms with Gasteiger partial charge in [0.25, 0.3) is 0 Å². The van der Waals surface area contributed by atoms with Crippen molar-refractivity contribution in [2.24, 2.45) is 0 Å². The van der Waals surface area contributed by atoms with Gasteiger partial charge < -0.3 is 30.2 Å². The Hall–Kier alpha value is -2.91. The van der Waals surface area contributed by atoms with Gasteiger partial charge in [0.2, 0.25) is 0 Å². The summed E-state index contributed by atoms with van der Waals surface area (Å²) in [6.07, 6.45) is -0.603. The lowest BCUT2D eigenvalue weighted by molar-refractivity contribution is -0.274. The van der Waals surface area contributed by atoms with E-state index in [2.05, 4.69) is 34.2 Å². The van der Waals surface area contributed by atoms with Crippen LogP contribution < -0.4 is 30.2 Å². The number of hydrogen-bond donors (Lipinski definition) is 3. The second kappa shape index (κ2) is 12.9. The Kier molecular flexibility index (Phi) is 9.89. The van der Waals surface area contributed by atoms with Gasteiger partial charge in [0, 0.05) is 18.8 Å². The maximum absolute atomic E-state index is 12.4. The van der Waals surface area contributed by atoms with Gasteiger partial charge in [-0.2, -0.15) is 0 Å². The Balaban J connectivity index is 1.65. The molecule has 6 nitrogen and oxygen atoms in total. The highest BCUT2D eigenvalue weighted by Gasteiger charge is 2.34. The van der Waals surface area contributed by atoms with Crippen molar-refractivity contribution in [2.45, 2.75) is 57.7 Å². The summed E-state index contributed by atoms with van der Waals surface area (Å²) in [6.45, 7) is 10.1. The molecule has 1 heterocycles. The molecule has 0 aliphatic carbocycles. The van der Waals surface area contributed by atoms with Crippen LogP contribution in [0.15, 0.2) is 54.7 Å². The summed E-state index contributed by atoms with van der Waals surface area (Å²) in [6, 6.07) is 11.4. The fraction of sp³-hybridized carbons (Fsp3) is 0.481. The van der Waals surface area contributed by atoms with E-state index in [4.69, 9.17) is 9.47 Å². The summed E-state index contributed by atoms with van der Waals surface area (Å²) in [4.78, 5) is 0. The lowest BCUT2D eigenvalue weighted by atomic mass is 9.85. The van der Waals surface area contributed by atoms with Crippen molar-refractivity contribution < 1.29 is 27.4 Å². The molecule has 0 atom stereocenters. The summed E-state index contributed by atoms with van der Waals surface area (Å²) in [5.74, 6) is 0.874. The van der Waals surface area contributed by atoms with Crippen molar-refractivity contribution >= 4 is 0 Å². The van der Waals surface area contributed by atoms with Crippen molar-refractivity contribution in [3.05, 3.63) is 65.9 Å². The minimum atomic E-state index is -4.72. The molecule has 0 aromatic heterocycles. The Morgan fingerprint density at radius 1 is 1.06 bits per heavy atom. The fourth-order valence-electron chi connectivity index (χ4n) is 4.19. The molecule has 36 heavy (non-hydrogen) atoms. The molecule has 1 aliphatic rings. The van der Waals surface area contributed by atoms with Crippen molar-refractivity contribution in [2.75, 3.05) is 26.7 Å². The predicted molar refractivity (Wildman–Crippen MR) is 134 cm³/mol. The lowest BCUT2D eigenvalue weighted by Gasteiger charge is -2.41. The predicted octanol–water partition coefficient (Wildman–Crippen LogP) is 5.29. The summed E-state index contributed by atoms with van der Waals surface area (Å²) >= 11 is 0. The van der Waals surface area contributed by atoms with Crippen LogP contribution in [-0.2, 0) is 13.2 Å². The number of hydrogen-bond acceptors (Lipinski definition) is 6. The SMILES string of the molecule is C=C(NCCCC)C1(NCc2ccc(OC)c(OCc3ccc(OC(F)(F)F)cc3)c2)CCNCC1. The highest BCUT2D eigenvalue weighted by atomic mass is 19.4. The first-order chi connectivity index (χ1) is 17.2. The minimum absolute atomic E-state index is 0.174. The van der Waals surface area contributed by atoms with E-state index in [0.29, 0.717) is 23.6 Å². The molecule has 0 radical (unpaired) electrons. The van der Waals surface area contributed by atoms with E-state index in [1.807, 2.05) is 18.2 Å². The van der Waals surface area contributed by atoms with E-state index in [1.165, 1.54) is 24.3 Å². The summed E-state index contributed by atoms with van der Waals surface area (Å²) < 4.78 is 52.5. The van der Waals surface area contributed by atoms with Crippen LogP contribution >= 0.6 is 0 Å². The van der Waals surface area contributed by atoms with Gasteiger partial charge in [-0.1, -0.05) is 38.1 Å². The monoisotopic (exact) mass is 507 g/mol. The third kappa shape index (κ3) is 8.06. The molecule has 3 N–H and O–H groups in total. The number of benzene rings is 2. The molecule has 0 amide bonds. The maximum atomic E-state index is 12.4. The van der Waals surface area contributed by atoms with Crippen LogP contribution in [-0.4, -0.2) is 38.6 Å². The van der Waals surface area contributed by atoms with E-state index >= 15 is 0 Å². The molecule has 9 heteroatoms. The molecule has 198 valence electrons. The van der Waals surface area contributed by atoms with Crippen molar-refractivity contribution in [3.8, 4) is 17.2 Å². The van der Waals surface area contributed by atoms with Crippen molar-refractivity contribution in [1.29, 1.82) is 0 Å². The zero-order valence-corrected chi connectivity index (χ0v) is 21.0. The van der Waals surface area contributed by atoms with E-state index in [-0.39, 0.29) is 17.9 Å². The quantitative estimate of drug-likeness (QED) is 0.321. The molecule has 2 aromatic rings. The van der Waals surface area contributed by atoms with E-state index < -0.39 is 6.36 Å². The standard InChI is InChI=1S/C27H36F3N3O3/c1-4-5-14-32-20(2)26(12-15-31-16-13-26)33-18-22-8-11-24(34-3)25(17-22)35-19-21-6-9-23(10-7-21)36-27(28,29)30/h6-11,17,31-33H,2,4-5,12-16,18-19H2,1,3H3. The first-order valence-corrected chi connectivity index (χ1v) is 12.3. The third-order valence-electron chi connectivity index (χ3n) is 6.31. The van der Waals surface area contributed by atoms with Gasteiger partial charge >= 0.3 is 6.36 Å². The van der Waals surface area contributed by atoms with Gasteiger partial charge in [-0.25, -0.2) is 0 Å². The molecule has 1 saturated heterocycles. The number of alkyl halides is 3. The van der Waals surface area contributed by atoms with Gasteiger partial charge in [-0.05, 0) is 67.7 Å². The van der Waals surface area contributed by atoms with Crippen LogP contribution in [0.4, 0.5) is 13.2 Å². The first-order valence-electron chi connectivity index (χ1n) is 12.3. The molecule has 3 rings (SSSR count). The number of piperidine rings is 1. The molecule has 0 saturated carbocycles. The molecule has 0 bridgehead atoms. The summed E-state index contributed by atoms with van der Waals surface area (Å²) in [7, 11) is 1.57. The molecule has 2 aromatic carbocycles. The number of methoxy groups -OCH3 is 1. The largest absolute Gasteiger partial charge is 0.573 e. The number of rotatable bonds is 13. The molecular weight excluding hydrogens is 471 g/mol. The average Bonchev–Trinajstić information content (AvgIpc) is 2.87. The van der Waals surface area contributed by atoms with Gasteiger partial charge in [0.05, 0.1) is 12.6 Å². The Bertz CT molecular complexity index is 974. The van der Waals surface area contributed by atoms with Crippen LogP contribution in [0.5, 0.6) is 17.2 Å². The normalized spacial score (nSPS) is 15.2. The molecule has 0 spiro atoms. The first kappa shape index (κ1) is 27.7. The average molecular weight is 508 g/mol. The second-order valence-electron chi connectivity index (χ2n) is 8.91. The molecule has 1 fully saturated rings. The molecular formula is C27H36F3N3O3. The summed E-state index contributed by atoms with van der Waals surface area (Å²) in [5, 5.41) is 10.7. The second-order valence-corrected chi connectivity index (χ2v) is 8.91. The van der Waals surface area contributed by atoms with Gasteiger partial charge in [-0.15, -0.1) is 13.2 Å². The molecule has 0 unspecified atom stereocenters. The number of nitrogens with one attached hydrogen (secondary N) is 3. The van der Waals surface area contributed by atoms with Gasteiger partial charge in [0.15, 0.2) is 11.5 Å². The highest BCUT2D eigenvalue weighted by molar-refractivity contribution is 5.43. The summed E-state index contributed by atoms with van der Waals surface area (Å²) in [5.41, 5.74) is 2.57. The highest BCUT2D eigenvalue weighted by Crippen LogP contribution is 2.31. The van der Waals surface area contributed by atoms with E-state index in [0.717, 1.165) is 56.6 Å². The van der Waals surface area contributed by atoms with Crippen LogP contribution in [0.2, 0.25) is 0 Å². The van der Waals surface area contributed by atoms with Crippen molar-refractivity contribution in [1.82, 2.24) is 16.0 Å². The van der Waals surface area contributed by atoms with Crippen LogP contribution in [0.25, 0.3) is 0 Å². The smallest absolute Gasteiger partial charge is 0.493 e. The lowest BCUT2D eigenvalue weighted by Crippen LogP contribution is -2.55. The number of unbranched alkanes of at least 4 members (excludes halogenated alkanes) is 1. The molecule has 1 aliphatic heterocycles. The third-order valence-corrected chi connectivity index (χ3v) is 6.31. The van der Waals surface area contributed by atoms with Crippen molar-refractivity contribution in [3.63, 3.8) is 0 Å². The Morgan fingerprint density at radius 2 is 1.75 bits per heavy atom. The Labute approximate surface area is 211 Å². The van der Waals surface area contributed by atoms with Crippen LogP contribution in [0.1, 0.15) is 43.7 Å². The van der Waals surface area contributed by atoms with Crippen LogP contribution in [0.3, 0.4) is 0 Å². The zero-order chi connectivity index (χ0) is 26.0. The van der Waals surface area contributed by atoms with Gasteiger partial charge in [0.1, 0.15) is 12.4 Å². The number of halogens is 3. The maximum Gasteiger partial charge on any atom is 0.573 e. The zero-order valence-electron chi connectivity index (χ0n) is 21.0. The van der Waals surface area contributed by atoms with Crippen LogP contribution in [0, 0.1) is 0 Å². The van der Waals surface area contributed by atoms with E-state index in [9.17, 15) is 13.2 Å². The van der Waals surface area contributed by atoms with Gasteiger partial charge in [-0.3, -0.25) is 0 Å². The fourth-order valence-corrected chi connectivity index (χ4v) is 4.19. The Morgan fingerprint density at radius 3 is 2.39 bits per heavy atom.